The van der Waals surface area contributed by atoms with Crippen LogP contribution in [0.2, 0.25) is 0 Å². The van der Waals surface area contributed by atoms with Gasteiger partial charge in [0, 0.05) is 4.47 Å². The molecule has 88 valence electrons. The molecule has 1 rings (SSSR count). The van der Waals surface area contributed by atoms with E-state index in [0.29, 0.717) is 0 Å². The van der Waals surface area contributed by atoms with Crippen LogP contribution in [0.3, 0.4) is 0 Å². The van der Waals surface area contributed by atoms with Crippen molar-refractivity contribution in [2.24, 2.45) is 5.41 Å². The van der Waals surface area contributed by atoms with Gasteiger partial charge in [-0.25, -0.2) is 13.2 Å². The molecule has 0 spiro atoms. The molecule has 0 fully saturated rings. The van der Waals surface area contributed by atoms with E-state index in [0.717, 1.165) is 10.0 Å². The first-order chi connectivity index (χ1) is 7.65. The standard InChI is InChI=1S/C12H12BrF3/c13-11-3-1-10(2-4-11)5-6-12(7-14,8-15)9-16/h1-6H,7-9H2/b6-5+. The van der Waals surface area contributed by atoms with Crippen molar-refractivity contribution in [1.82, 2.24) is 0 Å². The first kappa shape index (κ1) is 13.3. The fourth-order valence-corrected chi connectivity index (χ4v) is 1.35. The highest BCUT2D eigenvalue weighted by atomic mass is 79.9. The van der Waals surface area contributed by atoms with Crippen LogP contribution in [-0.2, 0) is 0 Å². The quantitative estimate of drug-likeness (QED) is 0.756. The highest BCUT2D eigenvalue weighted by molar-refractivity contribution is 9.10. The molecular formula is C12H12BrF3. The number of allylic oxidation sites excluding steroid dienone is 1. The largest absolute Gasteiger partial charge is 0.250 e. The number of rotatable bonds is 5. The molecule has 1 aromatic carbocycles. The zero-order valence-corrected chi connectivity index (χ0v) is 10.2. The minimum atomic E-state index is -1.62. The molecule has 0 aromatic heterocycles. The third kappa shape index (κ3) is 3.37. The monoisotopic (exact) mass is 292 g/mol. The van der Waals surface area contributed by atoms with Crippen LogP contribution in [0.5, 0.6) is 0 Å². The summed E-state index contributed by atoms with van der Waals surface area (Å²) >= 11 is 3.27. The highest BCUT2D eigenvalue weighted by Crippen LogP contribution is 2.23. The molecule has 0 heterocycles. The lowest BCUT2D eigenvalue weighted by Crippen LogP contribution is -2.25. The predicted molar refractivity (Wildman–Crippen MR) is 63.5 cm³/mol. The van der Waals surface area contributed by atoms with E-state index in [9.17, 15) is 13.2 Å². The topological polar surface area (TPSA) is 0 Å². The van der Waals surface area contributed by atoms with Gasteiger partial charge < -0.3 is 0 Å². The number of halogens is 4. The second-order valence-electron chi connectivity index (χ2n) is 3.65. The fraction of sp³-hybridized carbons (Fsp3) is 0.333. The predicted octanol–water partition coefficient (Wildman–Crippen LogP) is 4.36. The minimum absolute atomic E-state index is 0.780. The SMILES string of the molecule is FCC(/C=C/c1ccc(Br)cc1)(CF)CF. The average Bonchev–Trinajstić information content (AvgIpc) is 2.34. The van der Waals surface area contributed by atoms with Gasteiger partial charge >= 0.3 is 0 Å². The second-order valence-corrected chi connectivity index (χ2v) is 4.56. The van der Waals surface area contributed by atoms with Crippen molar-refractivity contribution in [1.29, 1.82) is 0 Å². The molecule has 0 saturated heterocycles. The molecule has 0 atom stereocenters. The zero-order chi connectivity index (χ0) is 12.0. The molecular weight excluding hydrogens is 281 g/mol. The molecule has 16 heavy (non-hydrogen) atoms. The minimum Gasteiger partial charge on any atom is -0.250 e. The van der Waals surface area contributed by atoms with Crippen LogP contribution in [0.4, 0.5) is 13.2 Å². The average molecular weight is 293 g/mol. The van der Waals surface area contributed by atoms with Gasteiger partial charge in [0.15, 0.2) is 0 Å². The summed E-state index contributed by atoms with van der Waals surface area (Å²) in [6, 6.07) is 7.17. The smallest absolute Gasteiger partial charge is 0.104 e. The second kappa shape index (κ2) is 6.09. The number of benzene rings is 1. The molecule has 0 aliphatic rings. The third-order valence-electron chi connectivity index (χ3n) is 2.30. The molecule has 0 radical (unpaired) electrons. The van der Waals surface area contributed by atoms with E-state index in [1.54, 1.807) is 12.1 Å². The van der Waals surface area contributed by atoms with Crippen molar-refractivity contribution in [3.8, 4) is 0 Å². The lowest BCUT2D eigenvalue weighted by Gasteiger charge is -2.19. The molecule has 4 heteroatoms. The van der Waals surface area contributed by atoms with E-state index in [1.165, 1.54) is 12.2 Å². The normalized spacial score (nSPS) is 12.2. The van der Waals surface area contributed by atoms with E-state index in [4.69, 9.17) is 0 Å². The molecule has 0 nitrogen and oxygen atoms in total. The van der Waals surface area contributed by atoms with E-state index in [-0.39, 0.29) is 0 Å². The van der Waals surface area contributed by atoms with Crippen LogP contribution >= 0.6 is 15.9 Å². The summed E-state index contributed by atoms with van der Waals surface area (Å²) < 4.78 is 38.5. The van der Waals surface area contributed by atoms with Crippen molar-refractivity contribution in [3.05, 3.63) is 40.4 Å². The van der Waals surface area contributed by atoms with Crippen LogP contribution < -0.4 is 0 Å². The van der Waals surface area contributed by atoms with Crippen LogP contribution in [0.25, 0.3) is 6.08 Å². The maximum Gasteiger partial charge on any atom is 0.104 e. The first-order valence-corrected chi connectivity index (χ1v) is 5.58. The van der Waals surface area contributed by atoms with Crippen molar-refractivity contribution < 1.29 is 13.2 Å². The summed E-state index contributed by atoms with van der Waals surface area (Å²) in [4.78, 5) is 0. The fourth-order valence-electron chi connectivity index (χ4n) is 1.09. The van der Waals surface area contributed by atoms with Gasteiger partial charge in [-0.2, -0.15) is 0 Å². The summed E-state index contributed by atoms with van der Waals surface area (Å²) in [6.07, 6.45) is 2.79. The maximum absolute atomic E-state index is 12.5. The van der Waals surface area contributed by atoms with Gasteiger partial charge in [-0.3, -0.25) is 0 Å². The lowest BCUT2D eigenvalue weighted by molar-refractivity contribution is 0.164. The van der Waals surface area contributed by atoms with Gasteiger partial charge in [-0.1, -0.05) is 40.2 Å². The van der Waals surface area contributed by atoms with Crippen molar-refractivity contribution in [2.45, 2.75) is 0 Å². The molecule has 0 aliphatic heterocycles. The number of hydrogen-bond donors (Lipinski definition) is 0. The molecule has 0 unspecified atom stereocenters. The Bertz CT molecular complexity index is 334. The van der Waals surface area contributed by atoms with Crippen LogP contribution in [0, 0.1) is 5.41 Å². The van der Waals surface area contributed by atoms with Crippen molar-refractivity contribution >= 4 is 22.0 Å². The Labute approximate surface area is 101 Å². The van der Waals surface area contributed by atoms with Crippen molar-refractivity contribution in [3.63, 3.8) is 0 Å². The molecule has 1 aromatic rings. The Morgan fingerprint density at radius 3 is 1.94 bits per heavy atom. The summed E-state index contributed by atoms with van der Waals surface area (Å²) in [5.74, 6) is 0. The van der Waals surface area contributed by atoms with Gasteiger partial charge in [-0.15, -0.1) is 0 Å². The zero-order valence-electron chi connectivity index (χ0n) is 8.60. The Kier molecular flexibility index (Phi) is 5.06. The maximum atomic E-state index is 12.5. The van der Waals surface area contributed by atoms with Gasteiger partial charge in [0.05, 0.1) is 5.41 Å². The van der Waals surface area contributed by atoms with Gasteiger partial charge in [0.1, 0.15) is 20.0 Å². The van der Waals surface area contributed by atoms with E-state index in [2.05, 4.69) is 15.9 Å². The van der Waals surface area contributed by atoms with E-state index < -0.39 is 25.4 Å². The van der Waals surface area contributed by atoms with Gasteiger partial charge in [0.25, 0.3) is 0 Å². The van der Waals surface area contributed by atoms with Crippen LogP contribution in [0.1, 0.15) is 5.56 Å². The summed E-state index contributed by atoms with van der Waals surface area (Å²) in [7, 11) is 0. The molecule has 0 N–H and O–H groups in total. The summed E-state index contributed by atoms with van der Waals surface area (Å²) in [5, 5.41) is 0. The molecule has 0 bridgehead atoms. The number of alkyl halides is 3. The number of hydrogen-bond acceptors (Lipinski definition) is 0. The van der Waals surface area contributed by atoms with Gasteiger partial charge in [0.2, 0.25) is 0 Å². The Morgan fingerprint density at radius 1 is 1.00 bits per heavy atom. The van der Waals surface area contributed by atoms with Crippen LogP contribution in [0.15, 0.2) is 34.8 Å². The first-order valence-electron chi connectivity index (χ1n) is 4.78. The molecule has 0 aliphatic carbocycles. The highest BCUT2D eigenvalue weighted by Gasteiger charge is 2.27. The van der Waals surface area contributed by atoms with E-state index >= 15 is 0 Å². The lowest BCUT2D eigenvalue weighted by atomic mass is 9.92. The Hall–Kier alpha value is -0.770. The Morgan fingerprint density at radius 2 is 1.50 bits per heavy atom. The van der Waals surface area contributed by atoms with Crippen molar-refractivity contribution in [2.75, 3.05) is 20.0 Å². The molecule has 0 amide bonds. The van der Waals surface area contributed by atoms with E-state index in [1.807, 2.05) is 12.1 Å². The third-order valence-corrected chi connectivity index (χ3v) is 2.83. The Balaban J connectivity index is 2.82. The van der Waals surface area contributed by atoms with Gasteiger partial charge in [-0.05, 0) is 17.7 Å². The molecule has 0 saturated carbocycles. The summed E-state index contributed by atoms with van der Waals surface area (Å²) in [6.45, 7) is -3.10. The van der Waals surface area contributed by atoms with Crippen LogP contribution in [-0.4, -0.2) is 20.0 Å². The summed E-state index contributed by atoms with van der Waals surface area (Å²) in [5.41, 5.74) is -0.837.